The van der Waals surface area contributed by atoms with E-state index in [1.165, 1.54) is 30.4 Å². The maximum absolute atomic E-state index is 6.05. The van der Waals surface area contributed by atoms with Gasteiger partial charge in [0.05, 0.1) is 17.9 Å². The fourth-order valence-electron chi connectivity index (χ4n) is 3.13. The number of nitrogens with zero attached hydrogens (tertiary/aromatic N) is 1. The first-order chi connectivity index (χ1) is 10.8. The van der Waals surface area contributed by atoms with Crippen molar-refractivity contribution in [2.75, 3.05) is 30.8 Å². The number of hydrogen-bond donors (Lipinski definition) is 1. The van der Waals surface area contributed by atoms with Crippen LogP contribution in [0, 0.1) is 0 Å². The third-order valence-corrected chi connectivity index (χ3v) is 4.39. The van der Waals surface area contributed by atoms with E-state index >= 15 is 0 Å². The zero-order chi connectivity index (χ0) is 15.4. The molecule has 0 aliphatic heterocycles. The SMILES string of the molecule is CN(CCOc1cccc2c1CCCC2)c1ccccc1N. The Kier molecular flexibility index (Phi) is 4.52. The molecule has 2 aromatic carbocycles. The third kappa shape index (κ3) is 3.19. The topological polar surface area (TPSA) is 38.5 Å². The molecule has 0 heterocycles. The van der Waals surface area contributed by atoms with Crippen LogP contribution in [0.3, 0.4) is 0 Å². The number of anilines is 2. The summed E-state index contributed by atoms with van der Waals surface area (Å²) < 4.78 is 6.05. The zero-order valence-electron chi connectivity index (χ0n) is 13.2. The number of nitrogen functional groups attached to an aromatic ring is 1. The van der Waals surface area contributed by atoms with Gasteiger partial charge in [0.1, 0.15) is 12.4 Å². The summed E-state index contributed by atoms with van der Waals surface area (Å²) in [5, 5.41) is 0. The lowest BCUT2D eigenvalue weighted by molar-refractivity contribution is 0.321. The number of ether oxygens (including phenoxy) is 1. The maximum atomic E-state index is 6.05. The molecule has 0 aromatic heterocycles. The lowest BCUT2D eigenvalue weighted by Crippen LogP contribution is -2.24. The van der Waals surface area contributed by atoms with Gasteiger partial charge in [-0.2, -0.15) is 0 Å². The fraction of sp³-hybridized carbons (Fsp3) is 0.368. The fourth-order valence-corrected chi connectivity index (χ4v) is 3.13. The van der Waals surface area contributed by atoms with Crippen molar-refractivity contribution in [3.8, 4) is 5.75 Å². The molecule has 0 spiro atoms. The number of rotatable bonds is 5. The van der Waals surface area contributed by atoms with Gasteiger partial charge in [0.25, 0.3) is 0 Å². The van der Waals surface area contributed by atoms with E-state index < -0.39 is 0 Å². The standard InChI is InChI=1S/C19H24N2O/c1-21(18-11-5-4-10-17(18)20)13-14-22-19-12-6-8-15-7-2-3-9-16(15)19/h4-6,8,10-12H,2-3,7,9,13-14,20H2,1H3. The molecule has 3 rings (SSSR count). The molecule has 1 aliphatic carbocycles. The van der Waals surface area contributed by atoms with E-state index in [0.29, 0.717) is 6.61 Å². The highest BCUT2D eigenvalue weighted by Gasteiger charge is 2.14. The Labute approximate surface area is 132 Å². The van der Waals surface area contributed by atoms with Gasteiger partial charge < -0.3 is 15.4 Å². The van der Waals surface area contributed by atoms with Crippen molar-refractivity contribution in [3.05, 3.63) is 53.6 Å². The first-order valence-corrected chi connectivity index (χ1v) is 8.05. The molecular formula is C19H24N2O. The first-order valence-electron chi connectivity index (χ1n) is 8.05. The van der Waals surface area contributed by atoms with E-state index in [4.69, 9.17) is 10.5 Å². The summed E-state index contributed by atoms with van der Waals surface area (Å²) in [4.78, 5) is 2.14. The van der Waals surface area contributed by atoms with Gasteiger partial charge in [-0.3, -0.25) is 0 Å². The molecule has 0 amide bonds. The predicted octanol–water partition coefficient (Wildman–Crippen LogP) is 3.66. The molecule has 0 saturated carbocycles. The highest BCUT2D eigenvalue weighted by molar-refractivity contribution is 5.66. The normalized spacial score (nSPS) is 13.5. The smallest absolute Gasteiger partial charge is 0.122 e. The zero-order valence-corrected chi connectivity index (χ0v) is 13.2. The third-order valence-electron chi connectivity index (χ3n) is 4.39. The molecule has 2 aromatic rings. The number of benzene rings is 2. The van der Waals surface area contributed by atoms with Crippen LogP contribution in [0.1, 0.15) is 24.0 Å². The second-order valence-electron chi connectivity index (χ2n) is 5.93. The van der Waals surface area contributed by atoms with E-state index in [2.05, 4.69) is 30.1 Å². The van der Waals surface area contributed by atoms with Crippen LogP contribution in [0.15, 0.2) is 42.5 Å². The summed E-state index contributed by atoms with van der Waals surface area (Å²) in [6.45, 7) is 1.49. The van der Waals surface area contributed by atoms with Gasteiger partial charge in [0, 0.05) is 7.05 Å². The summed E-state index contributed by atoms with van der Waals surface area (Å²) in [6, 6.07) is 14.4. The molecule has 0 unspecified atom stereocenters. The molecule has 3 heteroatoms. The molecule has 22 heavy (non-hydrogen) atoms. The number of nitrogens with two attached hydrogens (primary N) is 1. The number of hydrogen-bond acceptors (Lipinski definition) is 3. The van der Waals surface area contributed by atoms with Gasteiger partial charge in [-0.1, -0.05) is 24.3 Å². The predicted molar refractivity (Wildman–Crippen MR) is 92.7 cm³/mol. The van der Waals surface area contributed by atoms with Crippen molar-refractivity contribution in [1.29, 1.82) is 0 Å². The van der Waals surface area contributed by atoms with Crippen LogP contribution in [0.4, 0.5) is 11.4 Å². The lowest BCUT2D eigenvalue weighted by Gasteiger charge is -2.23. The molecular weight excluding hydrogens is 272 g/mol. The summed E-state index contributed by atoms with van der Waals surface area (Å²) in [5.41, 5.74) is 10.8. The van der Waals surface area contributed by atoms with Crippen LogP contribution in [0.5, 0.6) is 5.75 Å². The molecule has 0 fully saturated rings. The Bertz CT molecular complexity index is 639. The van der Waals surface area contributed by atoms with Gasteiger partial charge >= 0.3 is 0 Å². The quantitative estimate of drug-likeness (QED) is 0.856. The largest absolute Gasteiger partial charge is 0.491 e. The van der Waals surface area contributed by atoms with Crippen molar-refractivity contribution in [2.24, 2.45) is 0 Å². The van der Waals surface area contributed by atoms with E-state index in [0.717, 1.165) is 30.1 Å². The van der Waals surface area contributed by atoms with Gasteiger partial charge in [-0.05, 0) is 55.0 Å². The van der Waals surface area contributed by atoms with Crippen molar-refractivity contribution >= 4 is 11.4 Å². The van der Waals surface area contributed by atoms with Crippen molar-refractivity contribution in [1.82, 2.24) is 0 Å². The Balaban J connectivity index is 1.61. The highest BCUT2D eigenvalue weighted by Crippen LogP contribution is 2.29. The minimum Gasteiger partial charge on any atom is -0.491 e. The molecule has 1 aliphatic rings. The van der Waals surface area contributed by atoms with E-state index in [1.54, 1.807) is 0 Å². The Morgan fingerprint density at radius 3 is 2.73 bits per heavy atom. The van der Waals surface area contributed by atoms with Crippen LogP contribution in [-0.2, 0) is 12.8 Å². The van der Waals surface area contributed by atoms with E-state index in [9.17, 15) is 0 Å². The molecule has 0 radical (unpaired) electrons. The van der Waals surface area contributed by atoms with Gasteiger partial charge in [-0.25, -0.2) is 0 Å². The number of aryl methyl sites for hydroxylation is 1. The molecule has 2 N–H and O–H groups in total. The second-order valence-corrected chi connectivity index (χ2v) is 5.93. The van der Waals surface area contributed by atoms with E-state index in [1.807, 2.05) is 24.3 Å². The van der Waals surface area contributed by atoms with Crippen LogP contribution >= 0.6 is 0 Å². The van der Waals surface area contributed by atoms with Gasteiger partial charge in [-0.15, -0.1) is 0 Å². The van der Waals surface area contributed by atoms with Crippen LogP contribution in [-0.4, -0.2) is 20.2 Å². The minimum absolute atomic E-state index is 0.668. The van der Waals surface area contributed by atoms with Crippen LogP contribution in [0.25, 0.3) is 0 Å². The summed E-state index contributed by atoms with van der Waals surface area (Å²) >= 11 is 0. The molecule has 3 nitrogen and oxygen atoms in total. The summed E-state index contributed by atoms with van der Waals surface area (Å²) in [5.74, 6) is 1.06. The Morgan fingerprint density at radius 1 is 1.05 bits per heavy atom. The van der Waals surface area contributed by atoms with E-state index in [-0.39, 0.29) is 0 Å². The van der Waals surface area contributed by atoms with Crippen LogP contribution < -0.4 is 15.4 Å². The number of likely N-dealkylation sites (N-methyl/N-ethyl adjacent to an activating group) is 1. The Morgan fingerprint density at radius 2 is 1.86 bits per heavy atom. The molecule has 0 saturated heterocycles. The Hall–Kier alpha value is -2.16. The lowest BCUT2D eigenvalue weighted by atomic mass is 9.91. The average Bonchev–Trinajstić information content (AvgIpc) is 2.55. The second kappa shape index (κ2) is 6.73. The molecule has 0 bridgehead atoms. The van der Waals surface area contributed by atoms with Gasteiger partial charge in [0.2, 0.25) is 0 Å². The van der Waals surface area contributed by atoms with Crippen molar-refractivity contribution < 1.29 is 4.74 Å². The number of fused-ring (bicyclic) bond motifs is 1. The molecule has 116 valence electrons. The van der Waals surface area contributed by atoms with Crippen LogP contribution in [0.2, 0.25) is 0 Å². The average molecular weight is 296 g/mol. The first kappa shape index (κ1) is 14.8. The van der Waals surface area contributed by atoms with Crippen molar-refractivity contribution in [2.45, 2.75) is 25.7 Å². The molecule has 0 atom stereocenters. The van der Waals surface area contributed by atoms with Gasteiger partial charge in [0.15, 0.2) is 0 Å². The minimum atomic E-state index is 0.668. The number of para-hydroxylation sites is 2. The maximum Gasteiger partial charge on any atom is 0.122 e. The van der Waals surface area contributed by atoms with Crippen molar-refractivity contribution in [3.63, 3.8) is 0 Å². The summed E-state index contributed by atoms with van der Waals surface area (Å²) in [7, 11) is 2.05. The highest BCUT2D eigenvalue weighted by atomic mass is 16.5. The monoisotopic (exact) mass is 296 g/mol. The summed E-state index contributed by atoms with van der Waals surface area (Å²) in [6.07, 6.45) is 4.90.